The first-order valence-electron chi connectivity index (χ1n) is 11.0. The summed E-state index contributed by atoms with van der Waals surface area (Å²) in [5.74, 6) is 1.06. The summed E-state index contributed by atoms with van der Waals surface area (Å²) in [5.41, 5.74) is 4.98. The summed E-state index contributed by atoms with van der Waals surface area (Å²) in [7, 11) is 0. The van der Waals surface area contributed by atoms with Crippen LogP contribution < -0.4 is 24.5 Å². The van der Waals surface area contributed by atoms with E-state index in [1.165, 1.54) is 0 Å². The van der Waals surface area contributed by atoms with E-state index in [4.69, 9.17) is 18.9 Å². The van der Waals surface area contributed by atoms with Crippen LogP contribution in [0.5, 0.6) is 17.2 Å². The Morgan fingerprint density at radius 2 is 1.59 bits per heavy atom. The van der Waals surface area contributed by atoms with Crippen molar-refractivity contribution in [1.82, 2.24) is 5.43 Å². The largest absolute Gasteiger partial charge is 0.490 e. The molecule has 0 aromatic heterocycles. The van der Waals surface area contributed by atoms with Crippen molar-refractivity contribution in [3.63, 3.8) is 0 Å². The average molecular weight is 442 g/mol. The highest BCUT2D eigenvalue weighted by Crippen LogP contribution is 2.39. The highest BCUT2D eigenvalue weighted by atomic mass is 16.5. The van der Waals surface area contributed by atoms with Gasteiger partial charge >= 0.3 is 0 Å². The Labute approximate surface area is 189 Å². The SMILES string of the molecule is CCOc1cc(C(=O)NN=Cc2ccc(N3CCOCC3)cc2)cc(OCC)c1OCC. The van der Waals surface area contributed by atoms with Crippen LogP contribution in [0.3, 0.4) is 0 Å². The number of nitrogens with zero attached hydrogens (tertiary/aromatic N) is 2. The van der Waals surface area contributed by atoms with Crippen LogP contribution >= 0.6 is 0 Å². The molecule has 1 fully saturated rings. The van der Waals surface area contributed by atoms with E-state index in [1.807, 2.05) is 45.0 Å². The Bertz CT molecular complexity index is 881. The minimum Gasteiger partial charge on any atom is -0.490 e. The summed E-state index contributed by atoms with van der Waals surface area (Å²) in [4.78, 5) is 15.0. The summed E-state index contributed by atoms with van der Waals surface area (Å²) in [6.07, 6.45) is 1.61. The maximum Gasteiger partial charge on any atom is 0.271 e. The molecule has 2 aromatic carbocycles. The third-order valence-corrected chi connectivity index (χ3v) is 4.82. The average Bonchev–Trinajstić information content (AvgIpc) is 2.82. The van der Waals surface area contributed by atoms with Gasteiger partial charge < -0.3 is 23.8 Å². The zero-order chi connectivity index (χ0) is 22.8. The van der Waals surface area contributed by atoms with E-state index < -0.39 is 0 Å². The van der Waals surface area contributed by atoms with E-state index >= 15 is 0 Å². The van der Waals surface area contributed by atoms with Gasteiger partial charge in [-0.05, 0) is 50.6 Å². The summed E-state index contributed by atoms with van der Waals surface area (Å²) < 4.78 is 22.4. The van der Waals surface area contributed by atoms with Crippen LogP contribution in [-0.2, 0) is 4.74 Å². The van der Waals surface area contributed by atoms with E-state index in [-0.39, 0.29) is 5.91 Å². The Balaban J connectivity index is 1.68. The van der Waals surface area contributed by atoms with E-state index in [0.29, 0.717) is 42.6 Å². The van der Waals surface area contributed by atoms with Gasteiger partial charge in [-0.15, -0.1) is 0 Å². The number of anilines is 1. The minimum atomic E-state index is -0.365. The molecule has 1 aliphatic rings. The summed E-state index contributed by atoms with van der Waals surface area (Å²) in [6.45, 7) is 10.2. The highest BCUT2D eigenvalue weighted by molar-refractivity contribution is 5.96. The maximum atomic E-state index is 12.7. The summed E-state index contributed by atoms with van der Waals surface area (Å²) in [5, 5.41) is 4.10. The molecule has 1 saturated heterocycles. The Morgan fingerprint density at radius 1 is 1.00 bits per heavy atom. The number of nitrogens with one attached hydrogen (secondary N) is 1. The van der Waals surface area contributed by atoms with Gasteiger partial charge in [0.25, 0.3) is 5.91 Å². The third-order valence-electron chi connectivity index (χ3n) is 4.82. The van der Waals surface area contributed by atoms with Crippen molar-refractivity contribution in [2.45, 2.75) is 20.8 Å². The molecular weight excluding hydrogens is 410 g/mol. The van der Waals surface area contributed by atoms with Crippen LogP contribution in [0.25, 0.3) is 0 Å². The molecule has 0 unspecified atom stereocenters. The van der Waals surface area contributed by atoms with Crippen molar-refractivity contribution < 1.29 is 23.7 Å². The number of hydrogen-bond donors (Lipinski definition) is 1. The lowest BCUT2D eigenvalue weighted by Crippen LogP contribution is -2.36. The van der Waals surface area contributed by atoms with E-state index in [2.05, 4.69) is 15.4 Å². The minimum absolute atomic E-state index is 0.365. The topological polar surface area (TPSA) is 81.6 Å². The second-order valence-electron chi connectivity index (χ2n) is 6.99. The van der Waals surface area contributed by atoms with E-state index in [9.17, 15) is 4.79 Å². The molecule has 0 aliphatic carbocycles. The number of hydrazone groups is 1. The van der Waals surface area contributed by atoms with Crippen molar-refractivity contribution in [3.8, 4) is 17.2 Å². The van der Waals surface area contributed by atoms with Gasteiger partial charge in [0, 0.05) is 24.3 Å². The summed E-state index contributed by atoms with van der Waals surface area (Å²) in [6, 6.07) is 11.3. The third kappa shape index (κ3) is 6.13. The molecule has 1 amide bonds. The van der Waals surface area contributed by atoms with Crippen LogP contribution in [0.15, 0.2) is 41.5 Å². The monoisotopic (exact) mass is 441 g/mol. The maximum absolute atomic E-state index is 12.7. The normalized spacial score (nSPS) is 13.8. The van der Waals surface area contributed by atoms with Gasteiger partial charge in [0.2, 0.25) is 5.75 Å². The Morgan fingerprint density at radius 3 is 2.16 bits per heavy atom. The molecule has 0 spiro atoms. The van der Waals surface area contributed by atoms with Crippen LogP contribution in [0.4, 0.5) is 5.69 Å². The second kappa shape index (κ2) is 12.0. The number of rotatable bonds is 10. The van der Waals surface area contributed by atoms with Gasteiger partial charge in [-0.3, -0.25) is 4.79 Å². The highest BCUT2D eigenvalue weighted by Gasteiger charge is 2.18. The van der Waals surface area contributed by atoms with Crippen LogP contribution in [-0.4, -0.2) is 58.2 Å². The first kappa shape index (κ1) is 23.4. The predicted octanol–water partition coefficient (Wildman–Crippen LogP) is 3.48. The molecular formula is C24H31N3O5. The lowest BCUT2D eigenvalue weighted by atomic mass is 10.1. The smallest absolute Gasteiger partial charge is 0.271 e. The molecule has 2 aromatic rings. The molecule has 1 aliphatic heterocycles. The van der Waals surface area contributed by atoms with Crippen LogP contribution in [0.1, 0.15) is 36.7 Å². The van der Waals surface area contributed by atoms with Gasteiger partial charge in [0.1, 0.15) is 0 Å². The Hall–Kier alpha value is -3.26. The lowest BCUT2D eigenvalue weighted by Gasteiger charge is -2.28. The first-order valence-corrected chi connectivity index (χ1v) is 11.0. The molecule has 3 rings (SSSR count). The number of morpholine rings is 1. The first-order chi connectivity index (χ1) is 15.7. The molecule has 8 nitrogen and oxygen atoms in total. The van der Waals surface area contributed by atoms with Crippen molar-refractivity contribution in [2.24, 2.45) is 5.10 Å². The summed E-state index contributed by atoms with van der Waals surface area (Å²) >= 11 is 0. The van der Waals surface area contributed by atoms with Gasteiger partial charge in [-0.25, -0.2) is 5.43 Å². The fourth-order valence-corrected chi connectivity index (χ4v) is 3.34. The standard InChI is InChI=1S/C24H31N3O5/c1-4-30-21-15-19(16-22(31-5-2)23(21)32-6-3)24(28)26-25-17-18-7-9-20(10-8-18)27-11-13-29-14-12-27/h7-10,15-17H,4-6,11-14H2,1-3H3,(H,26,28). The quantitative estimate of drug-likeness (QED) is 0.449. The number of amides is 1. The molecule has 0 radical (unpaired) electrons. The number of carbonyl (C=O) groups excluding carboxylic acids is 1. The molecule has 0 saturated carbocycles. The molecule has 0 atom stereocenters. The van der Waals surface area contributed by atoms with Crippen molar-refractivity contribution in [2.75, 3.05) is 51.0 Å². The van der Waals surface area contributed by atoms with Crippen molar-refractivity contribution >= 4 is 17.8 Å². The number of benzene rings is 2. The fraction of sp³-hybridized carbons (Fsp3) is 0.417. The molecule has 32 heavy (non-hydrogen) atoms. The van der Waals surface area contributed by atoms with Crippen molar-refractivity contribution in [3.05, 3.63) is 47.5 Å². The molecule has 0 bridgehead atoms. The second-order valence-corrected chi connectivity index (χ2v) is 6.99. The zero-order valence-corrected chi connectivity index (χ0v) is 18.9. The zero-order valence-electron chi connectivity index (χ0n) is 18.9. The molecule has 1 N–H and O–H groups in total. The lowest BCUT2D eigenvalue weighted by molar-refractivity contribution is 0.0954. The van der Waals surface area contributed by atoms with Crippen LogP contribution in [0.2, 0.25) is 0 Å². The van der Waals surface area contributed by atoms with Gasteiger partial charge in [0.05, 0.1) is 39.2 Å². The van der Waals surface area contributed by atoms with Gasteiger partial charge in [0.15, 0.2) is 11.5 Å². The molecule has 172 valence electrons. The number of hydrogen-bond acceptors (Lipinski definition) is 7. The molecule has 8 heteroatoms. The fourth-order valence-electron chi connectivity index (χ4n) is 3.34. The van der Waals surface area contributed by atoms with Crippen molar-refractivity contribution in [1.29, 1.82) is 0 Å². The number of carbonyl (C=O) groups is 1. The van der Waals surface area contributed by atoms with E-state index in [1.54, 1.807) is 18.3 Å². The van der Waals surface area contributed by atoms with Crippen LogP contribution in [0, 0.1) is 0 Å². The predicted molar refractivity (Wildman–Crippen MR) is 124 cm³/mol. The number of ether oxygens (including phenoxy) is 4. The van der Waals surface area contributed by atoms with Gasteiger partial charge in [-0.1, -0.05) is 12.1 Å². The van der Waals surface area contributed by atoms with Gasteiger partial charge in [-0.2, -0.15) is 5.10 Å². The molecule has 1 heterocycles. The van der Waals surface area contributed by atoms with E-state index in [0.717, 1.165) is 37.6 Å². The Kier molecular flexibility index (Phi) is 8.74.